The summed E-state index contributed by atoms with van der Waals surface area (Å²) < 4.78 is 0. The van der Waals surface area contributed by atoms with Crippen molar-refractivity contribution in [2.24, 2.45) is 5.92 Å². The molecule has 0 aromatic carbocycles. The van der Waals surface area contributed by atoms with Gasteiger partial charge in [0, 0.05) is 11.8 Å². The second-order valence-electron chi connectivity index (χ2n) is 5.92. The third-order valence-electron chi connectivity index (χ3n) is 4.61. The van der Waals surface area contributed by atoms with Gasteiger partial charge in [-0.05, 0) is 42.4 Å². The Balaban J connectivity index is 1.85. The van der Waals surface area contributed by atoms with Crippen LogP contribution in [0.3, 0.4) is 0 Å². The molecule has 96 valence electrons. The number of amides is 1. The SMILES string of the molecule is CC1C=C2CC3(CC2=CC1)C(=O)Nc1ncccc13. The van der Waals surface area contributed by atoms with E-state index in [1.807, 2.05) is 12.1 Å². The number of fused-ring (bicyclic) bond motifs is 3. The van der Waals surface area contributed by atoms with Gasteiger partial charge in [0.05, 0.1) is 5.41 Å². The van der Waals surface area contributed by atoms with Crippen LogP contribution >= 0.6 is 0 Å². The van der Waals surface area contributed by atoms with Gasteiger partial charge < -0.3 is 5.32 Å². The van der Waals surface area contributed by atoms with E-state index in [1.54, 1.807) is 6.20 Å². The van der Waals surface area contributed by atoms with E-state index in [1.165, 1.54) is 11.1 Å². The molecule has 2 atom stereocenters. The molecule has 2 heterocycles. The highest BCUT2D eigenvalue weighted by molar-refractivity contribution is 6.06. The van der Waals surface area contributed by atoms with Crippen LogP contribution in [-0.2, 0) is 10.2 Å². The highest BCUT2D eigenvalue weighted by atomic mass is 16.2. The van der Waals surface area contributed by atoms with Crippen LogP contribution in [0.1, 0.15) is 31.7 Å². The van der Waals surface area contributed by atoms with Gasteiger partial charge in [-0.25, -0.2) is 4.98 Å². The molecule has 1 aromatic heterocycles. The van der Waals surface area contributed by atoms with Gasteiger partial charge in [0.15, 0.2) is 0 Å². The molecule has 3 heteroatoms. The Bertz CT molecular complexity index is 644. The predicted molar refractivity (Wildman–Crippen MR) is 73.7 cm³/mol. The van der Waals surface area contributed by atoms with E-state index in [0.29, 0.717) is 5.92 Å². The first kappa shape index (κ1) is 11.0. The molecule has 2 aliphatic carbocycles. The van der Waals surface area contributed by atoms with E-state index < -0.39 is 5.41 Å². The summed E-state index contributed by atoms with van der Waals surface area (Å²) in [5.41, 5.74) is 3.41. The van der Waals surface area contributed by atoms with Crippen LogP contribution in [0.25, 0.3) is 0 Å². The summed E-state index contributed by atoms with van der Waals surface area (Å²) in [6, 6.07) is 3.97. The van der Waals surface area contributed by atoms with E-state index in [9.17, 15) is 4.79 Å². The van der Waals surface area contributed by atoms with Gasteiger partial charge in [-0.1, -0.05) is 25.1 Å². The summed E-state index contributed by atoms with van der Waals surface area (Å²) in [7, 11) is 0. The van der Waals surface area contributed by atoms with E-state index >= 15 is 0 Å². The highest BCUT2D eigenvalue weighted by Gasteiger charge is 2.52. The van der Waals surface area contributed by atoms with Gasteiger partial charge in [0.1, 0.15) is 5.82 Å². The van der Waals surface area contributed by atoms with Crippen LogP contribution in [0.15, 0.2) is 41.6 Å². The number of hydrogen-bond donors (Lipinski definition) is 1. The summed E-state index contributed by atoms with van der Waals surface area (Å²) in [6.07, 6.45) is 9.14. The van der Waals surface area contributed by atoms with Crippen molar-refractivity contribution in [3.05, 3.63) is 47.2 Å². The zero-order chi connectivity index (χ0) is 13.0. The number of carbonyl (C=O) groups excluding carboxylic acids is 1. The smallest absolute Gasteiger partial charge is 0.237 e. The Hall–Kier alpha value is -1.90. The molecule has 1 fully saturated rings. The predicted octanol–water partition coefficient (Wildman–Crippen LogP) is 2.96. The number of nitrogens with one attached hydrogen (secondary N) is 1. The summed E-state index contributed by atoms with van der Waals surface area (Å²) in [4.78, 5) is 16.8. The Labute approximate surface area is 112 Å². The van der Waals surface area contributed by atoms with Gasteiger partial charge >= 0.3 is 0 Å². The lowest BCUT2D eigenvalue weighted by molar-refractivity contribution is -0.120. The minimum absolute atomic E-state index is 0.116. The lowest BCUT2D eigenvalue weighted by Gasteiger charge is -2.19. The standard InChI is InChI=1S/C16H16N2O/c1-10-4-5-11-8-16(9-12(11)7-10)13-3-2-6-17-14(13)18-15(16)19/h2-3,5-7,10H,4,8-9H2,1H3,(H,17,18,19). The van der Waals surface area contributed by atoms with Gasteiger partial charge in [0.25, 0.3) is 0 Å². The third-order valence-corrected chi connectivity index (χ3v) is 4.61. The maximum atomic E-state index is 12.5. The van der Waals surface area contributed by atoms with Crippen molar-refractivity contribution in [3.63, 3.8) is 0 Å². The summed E-state index contributed by atoms with van der Waals surface area (Å²) in [6.45, 7) is 2.23. The zero-order valence-corrected chi connectivity index (χ0v) is 10.9. The molecular formula is C16H16N2O. The van der Waals surface area contributed by atoms with Crippen molar-refractivity contribution in [2.75, 3.05) is 5.32 Å². The fraction of sp³-hybridized carbons (Fsp3) is 0.375. The van der Waals surface area contributed by atoms with E-state index in [0.717, 1.165) is 30.6 Å². The maximum absolute atomic E-state index is 12.5. The van der Waals surface area contributed by atoms with Gasteiger partial charge in [-0.2, -0.15) is 0 Å². The molecule has 4 rings (SSSR count). The molecule has 1 spiro atoms. The van der Waals surface area contributed by atoms with Gasteiger partial charge in [-0.3, -0.25) is 4.79 Å². The minimum atomic E-state index is -0.397. The first-order chi connectivity index (χ1) is 9.19. The molecule has 1 N–H and O–H groups in total. The Kier molecular flexibility index (Phi) is 2.06. The number of carbonyl (C=O) groups is 1. The van der Waals surface area contributed by atoms with Gasteiger partial charge in [0.2, 0.25) is 5.91 Å². The number of anilines is 1. The number of hydrogen-bond acceptors (Lipinski definition) is 2. The van der Waals surface area contributed by atoms with Crippen molar-refractivity contribution in [2.45, 2.75) is 31.6 Å². The quantitative estimate of drug-likeness (QED) is 0.771. The Morgan fingerprint density at radius 3 is 3.11 bits per heavy atom. The van der Waals surface area contributed by atoms with Crippen LogP contribution in [0, 0.1) is 5.92 Å². The first-order valence-electron chi connectivity index (χ1n) is 6.86. The number of pyridine rings is 1. The lowest BCUT2D eigenvalue weighted by Crippen LogP contribution is -2.31. The number of nitrogens with zero attached hydrogens (tertiary/aromatic N) is 1. The van der Waals surface area contributed by atoms with Crippen molar-refractivity contribution in [3.8, 4) is 0 Å². The molecule has 3 nitrogen and oxygen atoms in total. The van der Waals surface area contributed by atoms with Crippen LogP contribution in [0.2, 0.25) is 0 Å². The topological polar surface area (TPSA) is 42.0 Å². The second kappa shape index (κ2) is 3.56. The molecule has 2 unspecified atom stereocenters. The maximum Gasteiger partial charge on any atom is 0.237 e. The average Bonchev–Trinajstić information content (AvgIpc) is 2.90. The molecule has 3 aliphatic rings. The van der Waals surface area contributed by atoms with Crippen molar-refractivity contribution < 1.29 is 4.79 Å². The monoisotopic (exact) mass is 252 g/mol. The molecule has 19 heavy (non-hydrogen) atoms. The molecule has 0 saturated heterocycles. The van der Waals surface area contributed by atoms with Gasteiger partial charge in [-0.15, -0.1) is 0 Å². The molecule has 1 aliphatic heterocycles. The molecule has 0 bridgehead atoms. The molecule has 1 aromatic rings. The molecular weight excluding hydrogens is 236 g/mol. The van der Waals surface area contributed by atoms with Crippen LogP contribution in [0.5, 0.6) is 0 Å². The van der Waals surface area contributed by atoms with Crippen LogP contribution in [0.4, 0.5) is 5.82 Å². The van der Waals surface area contributed by atoms with Crippen molar-refractivity contribution >= 4 is 11.7 Å². The zero-order valence-electron chi connectivity index (χ0n) is 10.9. The largest absolute Gasteiger partial charge is 0.310 e. The molecule has 1 saturated carbocycles. The van der Waals surface area contributed by atoms with E-state index in [-0.39, 0.29) is 5.91 Å². The van der Waals surface area contributed by atoms with Crippen LogP contribution in [-0.4, -0.2) is 10.9 Å². The summed E-state index contributed by atoms with van der Waals surface area (Å²) >= 11 is 0. The lowest BCUT2D eigenvalue weighted by atomic mass is 9.80. The second-order valence-corrected chi connectivity index (χ2v) is 5.92. The molecule has 0 radical (unpaired) electrons. The fourth-order valence-corrected chi connectivity index (χ4v) is 3.64. The minimum Gasteiger partial charge on any atom is -0.310 e. The average molecular weight is 252 g/mol. The first-order valence-corrected chi connectivity index (χ1v) is 6.86. The Morgan fingerprint density at radius 1 is 1.37 bits per heavy atom. The fourth-order valence-electron chi connectivity index (χ4n) is 3.64. The Morgan fingerprint density at radius 2 is 2.21 bits per heavy atom. The van der Waals surface area contributed by atoms with Crippen molar-refractivity contribution in [1.82, 2.24) is 4.98 Å². The van der Waals surface area contributed by atoms with Crippen LogP contribution < -0.4 is 5.32 Å². The number of rotatable bonds is 0. The normalized spacial score (nSPS) is 31.6. The summed E-state index contributed by atoms with van der Waals surface area (Å²) in [5.74, 6) is 1.46. The van der Waals surface area contributed by atoms with E-state index in [2.05, 4.69) is 29.4 Å². The van der Waals surface area contributed by atoms with E-state index in [4.69, 9.17) is 0 Å². The molecule has 1 amide bonds. The summed E-state index contributed by atoms with van der Waals surface area (Å²) in [5, 5.41) is 2.95. The highest BCUT2D eigenvalue weighted by Crippen LogP contribution is 2.53. The number of allylic oxidation sites excluding steroid dienone is 4. The third kappa shape index (κ3) is 1.38. The van der Waals surface area contributed by atoms with Crippen molar-refractivity contribution in [1.29, 1.82) is 0 Å². The number of aromatic nitrogens is 1.